The van der Waals surface area contributed by atoms with E-state index in [0.717, 1.165) is 0 Å². The van der Waals surface area contributed by atoms with E-state index in [1.807, 2.05) is 0 Å². The first-order valence-electron chi connectivity index (χ1n) is 16.2. The molecule has 1 heterocycles. The van der Waals surface area contributed by atoms with Crippen LogP contribution in [0.25, 0.3) is 60.9 Å². The third kappa shape index (κ3) is 4.24. The van der Waals surface area contributed by atoms with Gasteiger partial charge in [0.15, 0.2) is 0 Å². The van der Waals surface area contributed by atoms with E-state index in [0.29, 0.717) is 11.8 Å². The molecular formula is C45H33N. The van der Waals surface area contributed by atoms with E-state index >= 15 is 0 Å². The number of rotatable bonds is 4. The highest BCUT2D eigenvalue weighted by molar-refractivity contribution is 6.10. The van der Waals surface area contributed by atoms with Crippen LogP contribution in [0.15, 0.2) is 170 Å². The number of para-hydroxylation sites is 1. The summed E-state index contributed by atoms with van der Waals surface area (Å²) >= 11 is 0. The average molecular weight is 588 g/mol. The van der Waals surface area contributed by atoms with Crippen LogP contribution in [0.4, 0.5) is 0 Å². The van der Waals surface area contributed by atoms with E-state index in [-0.39, 0.29) is 0 Å². The first kappa shape index (κ1) is 26.7. The molecule has 1 aliphatic carbocycles. The highest BCUT2D eigenvalue weighted by Crippen LogP contribution is 2.50. The molecule has 0 saturated heterocycles. The molecular weight excluding hydrogens is 555 g/mol. The fourth-order valence-electron chi connectivity index (χ4n) is 7.82. The molecule has 7 aromatic carbocycles. The zero-order valence-electron chi connectivity index (χ0n) is 25.8. The molecule has 1 aromatic heterocycles. The average Bonchev–Trinajstić information content (AvgIpc) is 3.46. The Morgan fingerprint density at radius 1 is 0.413 bits per heavy atom. The van der Waals surface area contributed by atoms with Crippen LogP contribution in [0.2, 0.25) is 0 Å². The molecule has 2 unspecified atom stereocenters. The first-order chi connectivity index (χ1) is 22.7. The summed E-state index contributed by atoms with van der Waals surface area (Å²) in [7, 11) is 0. The van der Waals surface area contributed by atoms with Crippen molar-refractivity contribution in [2.45, 2.75) is 18.8 Å². The van der Waals surface area contributed by atoms with Gasteiger partial charge in [0.25, 0.3) is 0 Å². The predicted octanol–water partition coefficient (Wildman–Crippen LogP) is 12.0. The van der Waals surface area contributed by atoms with E-state index in [1.165, 1.54) is 77.6 Å². The Balaban J connectivity index is 1.15. The van der Waals surface area contributed by atoms with Gasteiger partial charge in [-0.2, -0.15) is 0 Å². The molecule has 218 valence electrons. The van der Waals surface area contributed by atoms with Crippen molar-refractivity contribution >= 4 is 21.8 Å². The molecule has 0 bridgehead atoms. The summed E-state index contributed by atoms with van der Waals surface area (Å²) in [4.78, 5) is 0. The quantitative estimate of drug-likeness (QED) is 0.193. The second-order valence-electron chi connectivity index (χ2n) is 12.6. The second-order valence-corrected chi connectivity index (χ2v) is 12.6. The minimum Gasteiger partial charge on any atom is -0.309 e. The van der Waals surface area contributed by atoms with Crippen molar-refractivity contribution in [2.24, 2.45) is 0 Å². The molecule has 8 aromatic rings. The van der Waals surface area contributed by atoms with Gasteiger partial charge in [0, 0.05) is 22.4 Å². The molecule has 9 rings (SSSR count). The van der Waals surface area contributed by atoms with E-state index in [2.05, 4.69) is 181 Å². The van der Waals surface area contributed by atoms with Crippen LogP contribution in [0.3, 0.4) is 0 Å². The third-order valence-corrected chi connectivity index (χ3v) is 10.0. The van der Waals surface area contributed by atoms with Gasteiger partial charge in [-0.05, 0) is 92.4 Å². The summed E-state index contributed by atoms with van der Waals surface area (Å²) in [5.74, 6) is 0.732. The summed E-state index contributed by atoms with van der Waals surface area (Å²) in [6, 6.07) is 62.4. The van der Waals surface area contributed by atoms with Crippen molar-refractivity contribution in [1.82, 2.24) is 4.57 Å². The van der Waals surface area contributed by atoms with Crippen LogP contribution in [0, 0.1) is 0 Å². The summed E-state index contributed by atoms with van der Waals surface area (Å²) in [5.41, 5.74) is 15.5. The van der Waals surface area contributed by atoms with Crippen LogP contribution < -0.4 is 0 Å². The molecule has 0 spiro atoms. The maximum atomic E-state index is 2.43. The van der Waals surface area contributed by atoms with Gasteiger partial charge in [-0.3, -0.25) is 0 Å². The fourth-order valence-corrected chi connectivity index (χ4v) is 7.82. The largest absolute Gasteiger partial charge is 0.309 e. The van der Waals surface area contributed by atoms with Gasteiger partial charge in [0.1, 0.15) is 0 Å². The standard InChI is InChI=1S/C45H33N/c1-30-37-26-22-34(28-41(37)38-16-8-9-18-40(38)45(30)33-14-6-3-7-15-33)35-23-27-44-42(29-35)39-17-10-11-19-43(39)46(44)36-24-20-32(21-25-36)31-12-4-2-5-13-31/h2-30,45H,1H3. The number of hydrogen-bond donors (Lipinski definition) is 0. The lowest BCUT2D eigenvalue weighted by Gasteiger charge is -2.34. The lowest BCUT2D eigenvalue weighted by atomic mass is 9.69. The number of nitrogens with zero attached hydrogens (tertiary/aromatic N) is 1. The number of hydrogen-bond acceptors (Lipinski definition) is 0. The number of aromatic nitrogens is 1. The third-order valence-electron chi connectivity index (χ3n) is 10.0. The van der Waals surface area contributed by atoms with E-state index in [9.17, 15) is 0 Å². The lowest BCUT2D eigenvalue weighted by Crippen LogP contribution is -2.16. The van der Waals surface area contributed by atoms with E-state index < -0.39 is 0 Å². The van der Waals surface area contributed by atoms with Crippen molar-refractivity contribution in [3.05, 3.63) is 187 Å². The number of fused-ring (bicyclic) bond motifs is 6. The van der Waals surface area contributed by atoms with Crippen LogP contribution in [0.1, 0.15) is 35.4 Å². The first-order valence-corrected chi connectivity index (χ1v) is 16.2. The molecule has 0 N–H and O–H groups in total. The minimum absolute atomic E-state index is 0.347. The van der Waals surface area contributed by atoms with E-state index in [4.69, 9.17) is 0 Å². The maximum Gasteiger partial charge on any atom is 0.0541 e. The normalized spacial score (nSPS) is 15.5. The van der Waals surface area contributed by atoms with Crippen molar-refractivity contribution in [2.75, 3.05) is 0 Å². The molecule has 46 heavy (non-hydrogen) atoms. The van der Waals surface area contributed by atoms with Gasteiger partial charge in [-0.15, -0.1) is 0 Å². The van der Waals surface area contributed by atoms with Crippen LogP contribution in [0.5, 0.6) is 0 Å². The van der Waals surface area contributed by atoms with Crippen LogP contribution in [-0.4, -0.2) is 4.57 Å². The maximum absolute atomic E-state index is 2.43. The molecule has 0 fully saturated rings. The zero-order chi connectivity index (χ0) is 30.6. The van der Waals surface area contributed by atoms with Gasteiger partial charge < -0.3 is 4.57 Å². The minimum atomic E-state index is 0.347. The molecule has 1 heteroatoms. The highest BCUT2D eigenvalue weighted by atomic mass is 15.0. The van der Waals surface area contributed by atoms with Crippen LogP contribution >= 0.6 is 0 Å². The molecule has 0 saturated carbocycles. The van der Waals surface area contributed by atoms with Gasteiger partial charge in [-0.25, -0.2) is 0 Å². The molecule has 0 aliphatic heterocycles. The van der Waals surface area contributed by atoms with Crippen LogP contribution in [-0.2, 0) is 0 Å². The number of benzene rings is 7. The van der Waals surface area contributed by atoms with Crippen molar-refractivity contribution in [1.29, 1.82) is 0 Å². The Morgan fingerprint density at radius 2 is 1.02 bits per heavy atom. The summed E-state index contributed by atoms with van der Waals surface area (Å²) in [6.45, 7) is 2.39. The van der Waals surface area contributed by atoms with Crippen molar-refractivity contribution < 1.29 is 0 Å². The van der Waals surface area contributed by atoms with E-state index in [1.54, 1.807) is 0 Å². The zero-order valence-corrected chi connectivity index (χ0v) is 25.8. The summed E-state index contributed by atoms with van der Waals surface area (Å²) < 4.78 is 2.40. The molecule has 1 nitrogen and oxygen atoms in total. The topological polar surface area (TPSA) is 4.93 Å². The Labute approximate surface area is 270 Å². The van der Waals surface area contributed by atoms with Crippen molar-refractivity contribution in [3.8, 4) is 39.1 Å². The lowest BCUT2D eigenvalue weighted by molar-refractivity contribution is 0.649. The van der Waals surface area contributed by atoms with Gasteiger partial charge in [-0.1, -0.05) is 140 Å². The summed E-state index contributed by atoms with van der Waals surface area (Å²) in [6.07, 6.45) is 0. The Kier molecular flexibility index (Phi) is 6.24. The monoisotopic (exact) mass is 587 g/mol. The van der Waals surface area contributed by atoms with Gasteiger partial charge in [0.05, 0.1) is 11.0 Å². The van der Waals surface area contributed by atoms with Gasteiger partial charge >= 0.3 is 0 Å². The Bertz CT molecular complexity index is 2360. The fraction of sp³-hybridized carbons (Fsp3) is 0.0667. The smallest absolute Gasteiger partial charge is 0.0541 e. The highest BCUT2D eigenvalue weighted by Gasteiger charge is 2.32. The predicted molar refractivity (Wildman–Crippen MR) is 194 cm³/mol. The Hall–Kier alpha value is -5.66. The molecule has 2 atom stereocenters. The SMILES string of the molecule is CC1c2ccc(-c3ccc4c(c3)c3ccccc3n4-c3ccc(-c4ccccc4)cc3)cc2-c2ccccc2C1c1ccccc1. The Morgan fingerprint density at radius 3 is 1.85 bits per heavy atom. The second kappa shape index (κ2) is 10.8. The summed E-state index contributed by atoms with van der Waals surface area (Å²) in [5, 5.41) is 2.55. The van der Waals surface area contributed by atoms with Gasteiger partial charge in [0.2, 0.25) is 0 Å². The molecule has 1 aliphatic rings. The molecule has 0 amide bonds. The van der Waals surface area contributed by atoms with Crippen molar-refractivity contribution in [3.63, 3.8) is 0 Å². The molecule has 0 radical (unpaired) electrons.